The molecule has 1 aliphatic rings. The number of allylic oxidation sites excluding steroid dienone is 2. The number of ether oxygens (including phenoxy) is 3. The number of benzene rings is 1. The summed E-state index contributed by atoms with van der Waals surface area (Å²) in [7, 11) is 0. The van der Waals surface area contributed by atoms with Crippen LogP contribution in [0, 0.1) is 0 Å². The second kappa shape index (κ2) is 8.41. The average molecular weight is 426 g/mol. The smallest absolute Gasteiger partial charge is 0.336 e. The Morgan fingerprint density at radius 3 is 2.23 bits per heavy atom. The Hall–Kier alpha value is -3.35. The summed E-state index contributed by atoms with van der Waals surface area (Å²) >= 11 is 0. The van der Waals surface area contributed by atoms with Gasteiger partial charge in [0.25, 0.3) is 0 Å². The van der Waals surface area contributed by atoms with Gasteiger partial charge < -0.3 is 18.6 Å². The predicted molar refractivity (Wildman–Crippen MR) is 115 cm³/mol. The number of esters is 2. The molecule has 0 spiro atoms. The van der Waals surface area contributed by atoms with Crippen molar-refractivity contribution < 1.29 is 28.2 Å². The SMILES string of the molecule is C/C=C(/C)C(=O)O[C@@H]1[C@@H](OC(=O)/C(C)=C\C)c2cc3ccc(=O)oc3cc2OC1(C)C. The molecule has 0 fully saturated rings. The van der Waals surface area contributed by atoms with Crippen LogP contribution in [0.3, 0.4) is 0 Å². The topological polar surface area (TPSA) is 92.0 Å². The van der Waals surface area contributed by atoms with Crippen molar-refractivity contribution in [3.63, 3.8) is 0 Å². The van der Waals surface area contributed by atoms with Crippen molar-refractivity contribution in [2.24, 2.45) is 0 Å². The Labute approximate surface area is 180 Å². The summed E-state index contributed by atoms with van der Waals surface area (Å²) < 4.78 is 23.0. The summed E-state index contributed by atoms with van der Waals surface area (Å²) in [6, 6.07) is 6.23. The van der Waals surface area contributed by atoms with Crippen LogP contribution < -0.4 is 10.4 Å². The number of hydrogen-bond donors (Lipinski definition) is 0. The van der Waals surface area contributed by atoms with E-state index in [9.17, 15) is 14.4 Å². The summed E-state index contributed by atoms with van der Waals surface area (Å²) in [4.78, 5) is 36.8. The first-order valence-corrected chi connectivity index (χ1v) is 10.0. The maximum Gasteiger partial charge on any atom is 0.336 e. The van der Waals surface area contributed by atoms with Crippen LogP contribution in [0.4, 0.5) is 0 Å². The number of carbonyl (C=O) groups is 2. The van der Waals surface area contributed by atoms with Crippen LogP contribution >= 0.6 is 0 Å². The molecule has 31 heavy (non-hydrogen) atoms. The molecule has 0 unspecified atom stereocenters. The molecule has 2 atom stereocenters. The molecule has 1 aromatic carbocycles. The first-order chi connectivity index (χ1) is 14.6. The summed E-state index contributed by atoms with van der Waals surface area (Å²) in [5.74, 6) is -0.666. The lowest BCUT2D eigenvalue weighted by molar-refractivity contribution is -0.185. The lowest BCUT2D eigenvalue weighted by atomic mass is 9.87. The van der Waals surface area contributed by atoms with E-state index in [4.69, 9.17) is 18.6 Å². The van der Waals surface area contributed by atoms with Crippen molar-refractivity contribution >= 4 is 22.9 Å². The molecule has 0 radical (unpaired) electrons. The Morgan fingerprint density at radius 2 is 1.61 bits per heavy atom. The molecule has 3 rings (SSSR count). The van der Waals surface area contributed by atoms with Gasteiger partial charge in [0.2, 0.25) is 0 Å². The third-order valence-electron chi connectivity index (χ3n) is 5.37. The van der Waals surface area contributed by atoms with Crippen molar-refractivity contribution in [3.8, 4) is 5.75 Å². The van der Waals surface area contributed by atoms with E-state index in [0.717, 1.165) is 0 Å². The van der Waals surface area contributed by atoms with Gasteiger partial charge in [-0.3, -0.25) is 0 Å². The van der Waals surface area contributed by atoms with Gasteiger partial charge in [0.1, 0.15) is 16.9 Å². The van der Waals surface area contributed by atoms with Crippen molar-refractivity contribution in [2.45, 2.75) is 59.4 Å². The lowest BCUT2D eigenvalue weighted by Crippen LogP contribution is -2.52. The molecule has 7 heteroatoms. The minimum absolute atomic E-state index is 0.344. The molecule has 164 valence electrons. The monoisotopic (exact) mass is 426 g/mol. The predicted octanol–water partition coefficient (Wildman–Crippen LogP) is 4.39. The van der Waals surface area contributed by atoms with Crippen molar-refractivity contribution in [1.29, 1.82) is 0 Å². The van der Waals surface area contributed by atoms with E-state index < -0.39 is 35.4 Å². The van der Waals surface area contributed by atoms with E-state index in [0.29, 0.717) is 33.4 Å². The largest absolute Gasteiger partial charge is 0.483 e. The number of rotatable bonds is 4. The molecule has 0 amide bonds. The van der Waals surface area contributed by atoms with Crippen LogP contribution in [0.1, 0.15) is 53.2 Å². The minimum atomic E-state index is -1.03. The van der Waals surface area contributed by atoms with E-state index in [1.165, 1.54) is 6.07 Å². The van der Waals surface area contributed by atoms with Gasteiger partial charge in [0.15, 0.2) is 12.2 Å². The Morgan fingerprint density at radius 1 is 1.00 bits per heavy atom. The molecule has 0 bridgehead atoms. The average Bonchev–Trinajstić information content (AvgIpc) is 2.73. The number of fused-ring (bicyclic) bond motifs is 2. The highest BCUT2D eigenvalue weighted by Crippen LogP contribution is 2.45. The summed E-state index contributed by atoms with van der Waals surface area (Å²) in [6.07, 6.45) is 1.46. The third kappa shape index (κ3) is 4.40. The fourth-order valence-corrected chi connectivity index (χ4v) is 3.28. The molecule has 0 saturated carbocycles. The van der Waals surface area contributed by atoms with Gasteiger partial charge in [-0.05, 0) is 53.7 Å². The van der Waals surface area contributed by atoms with Crippen LogP contribution in [-0.4, -0.2) is 23.6 Å². The fourth-order valence-electron chi connectivity index (χ4n) is 3.28. The fraction of sp³-hybridized carbons (Fsp3) is 0.375. The first-order valence-electron chi connectivity index (χ1n) is 10.0. The molecule has 2 aromatic rings. The molecule has 2 heterocycles. The number of carbonyl (C=O) groups excluding carboxylic acids is 2. The normalized spacial score (nSPS) is 20.6. The van der Waals surface area contributed by atoms with Crippen LogP contribution in [0.5, 0.6) is 5.75 Å². The molecule has 0 N–H and O–H groups in total. The molecular weight excluding hydrogens is 400 g/mol. The van der Waals surface area contributed by atoms with Gasteiger partial charge >= 0.3 is 17.6 Å². The van der Waals surface area contributed by atoms with Crippen LogP contribution in [0.15, 0.2) is 56.8 Å². The van der Waals surface area contributed by atoms with E-state index in [-0.39, 0.29) is 0 Å². The molecule has 0 aliphatic carbocycles. The molecule has 0 saturated heterocycles. The highest BCUT2D eigenvalue weighted by atomic mass is 16.6. The highest BCUT2D eigenvalue weighted by Gasteiger charge is 2.49. The molecule has 1 aromatic heterocycles. The second-order valence-electron chi connectivity index (χ2n) is 7.98. The van der Waals surface area contributed by atoms with E-state index in [1.54, 1.807) is 71.9 Å². The van der Waals surface area contributed by atoms with E-state index >= 15 is 0 Å². The molecular formula is C24H26O7. The third-order valence-corrected chi connectivity index (χ3v) is 5.37. The quantitative estimate of drug-likeness (QED) is 0.407. The molecule has 7 nitrogen and oxygen atoms in total. The Bertz CT molecular complexity index is 1150. The summed E-state index contributed by atoms with van der Waals surface area (Å²) in [5, 5.41) is 0.625. The zero-order valence-electron chi connectivity index (χ0n) is 18.5. The second-order valence-corrected chi connectivity index (χ2v) is 7.98. The highest BCUT2D eigenvalue weighted by molar-refractivity contribution is 5.89. The first kappa shape index (κ1) is 22.3. The van der Waals surface area contributed by atoms with Crippen molar-refractivity contribution in [3.05, 3.63) is 63.5 Å². The zero-order chi connectivity index (χ0) is 22.9. The van der Waals surface area contributed by atoms with Gasteiger partial charge in [0, 0.05) is 34.2 Å². The standard InChI is InChI=1S/C24H26O7/c1-7-13(3)22(26)29-20-16-11-15-9-10-19(25)28-17(15)12-18(16)31-24(5,6)21(20)30-23(27)14(4)8-2/h7-12,20-21H,1-6H3/b13-7-,14-8-/t20-,21+/m0/s1. The van der Waals surface area contributed by atoms with Crippen LogP contribution in [0.2, 0.25) is 0 Å². The summed E-state index contributed by atoms with van der Waals surface area (Å²) in [6.45, 7) is 10.3. The summed E-state index contributed by atoms with van der Waals surface area (Å²) in [5.41, 5.74) is 0.200. The van der Waals surface area contributed by atoms with Gasteiger partial charge in [-0.25, -0.2) is 14.4 Å². The lowest BCUT2D eigenvalue weighted by Gasteiger charge is -2.43. The van der Waals surface area contributed by atoms with Crippen LogP contribution in [-0.2, 0) is 19.1 Å². The Kier molecular flexibility index (Phi) is 6.06. The Balaban J connectivity index is 2.16. The maximum absolute atomic E-state index is 12.6. The van der Waals surface area contributed by atoms with E-state index in [2.05, 4.69) is 0 Å². The van der Waals surface area contributed by atoms with Crippen molar-refractivity contribution in [2.75, 3.05) is 0 Å². The van der Waals surface area contributed by atoms with E-state index in [1.807, 2.05) is 0 Å². The minimum Gasteiger partial charge on any atom is -0.483 e. The van der Waals surface area contributed by atoms with Crippen molar-refractivity contribution in [1.82, 2.24) is 0 Å². The van der Waals surface area contributed by atoms with Gasteiger partial charge in [0.05, 0.1) is 0 Å². The van der Waals surface area contributed by atoms with Gasteiger partial charge in [-0.1, -0.05) is 12.2 Å². The zero-order valence-corrected chi connectivity index (χ0v) is 18.5. The maximum atomic E-state index is 12.6. The molecule has 1 aliphatic heterocycles. The van der Waals surface area contributed by atoms with Gasteiger partial charge in [-0.2, -0.15) is 0 Å². The van der Waals surface area contributed by atoms with Crippen LogP contribution in [0.25, 0.3) is 11.0 Å². The van der Waals surface area contributed by atoms with Gasteiger partial charge in [-0.15, -0.1) is 0 Å². The number of hydrogen-bond acceptors (Lipinski definition) is 7.